The Labute approximate surface area is 107 Å². The molecule has 0 atom stereocenters. The number of nitrogens with one attached hydrogen (secondary N) is 1. The number of aliphatic hydroxyl groups excluding tert-OH is 1. The van der Waals surface area contributed by atoms with Crippen molar-refractivity contribution in [1.29, 1.82) is 0 Å². The average molecular weight is 249 g/mol. The van der Waals surface area contributed by atoms with Gasteiger partial charge in [0.25, 0.3) is 0 Å². The van der Waals surface area contributed by atoms with Gasteiger partial charge in [0.05, 0.1) is 6.61 Å². The number of carbonyl (C=O) groups is 1. The molecule has 0 radical (unpaired) electrons. The third kappa shape index (κ3) is 5.50. The topological polar surface area (TPSA) is 58.6 Å². The molecule has 1 aromatic carbocycles. The minimum Gasteiger partial charge on any atom is -0.444 e. The van der Waals surface area contributed by atoms with Gasteiger partial charge < -0.3 is 9.84 Å². The van der Waals surface area contributed by atoms with E-state index >= 15 is 0 Å². The van der Waals surface area contributed by atoms with Crippen molar-refractivity contribution in [2.45, 2.75) is 26.4 Å². The molecule has 0 aliphatic carbocycles. The number of ether oxygens (including phenoxy) is 1. The standard InChI is InChI=1S/C14H19NO3/c1-14(2,3)18-13(17)15-12-8-4-6-11(10-12)7-5-9-16/h4-8,10,16H,9H2,1-3H3,(H,15,17). The van der Waals surface area contributed by atoms with Crippen LogP contribution < -0.4 is 5.32 Å². The van der Waals surface area contributed by atoms with Crippen molar-refractivity contribution in [1.82, 2.24) is 0 Å². The Morgan fingerprint density at radius 2 is 2.17 bits per heavy atom. The minimum atomic E-state index is -0.515. The molecule has 0 aliphatic heterocycles. The molecular weight excluding hydrogens is 230 g/mol. The van der Waals surface area contributed by atoms with Crippen LogP contribution >= 0.6 is 0 Å². The van der Waals surface area contributed by atoms with E-state index in [0.29, 0.717) is 5.69 Å². The van der Waals surface area contributed by atoms with Gasteiger partial charge in [-0.1, -0.05) is 24.3 Å². The quantitative estimate of drug-likeness (QED) is 0.865. The molecule has 0 fully saturated rings. The van der Waals surface area contributed by atoms with Crippen LogP contribution in [0, 0.1) is 0 Å². The van der Waals surface area contributed by atoms with Gasteiger partial charge in [0.1, 0.15) is 5.60 Å². The first kappa shape index (κ1) is 14.3. The van der Waals surface area contributed by atoms with Crippen LogP contribution in [0.1, 0.15) is 26.3 Å². The van der Waals surface area contributed by atoms with Crippen LogP contribution in [-0.2, 0) is 4.74 Å². The molecule has 98 valence electrons. The molecular formula is C14H19NO3. The molecule has 1 aromatic rings. The summed E-state index contributed by atoms with van der Waals surface area (Å²) in [6, 6.07) is 7.28. The molecule has 4 nitrogen and oxygen atoms in total. The SMILES string of the molecule is CC(C)(C)OC(=O)Nc1cccc(C=CCO)c1. The summed E-state index contributed by atoms with van der Waals surface area (Å²) in [7, 11) is 0. The van der Waals surface area contributed by atoms with Gasteiger partial charge in [-0.25, -0.2) is 4.79 Å². The van der Waals surface area contributed by atoms with Gasteiger partial charge in [-0.2, -0.15) is 0 Å². The maximum absolute atomic E-state index is 11.6. The summed E-state index contributed by atoms with van der Waals surface area (Å²) in [6.45, 7) is 5.43. The molecule has 1 rings (SSSR count). The Bertz CT molecular complexity index is 433. The third-order valence-electron chi connectivity index (χ3n) is 1.95. The number of hydrogen-bond donors (Lipinski definition) is 2. The van der Waals surface area contributed by atoms with Crippen molar-refractivity contribution >= 4 is 17.9 Å². The monoisotopic (exact) mass is 249 g/mol. The van der Waals surface area contributed by atoms with Crippen LogP contribution in [0.25, 0.3) is 6.08 Å². The van der Waals surface area contributed by atoms with Gasteiger partial charge in [-0.15, -0.1) is 0 Å². The maximum Gasteiger partial charge on any atom is 0.412 e. The first-order valence-corrected chi connectivity index (χ1v) is 5.78. The molecule has 2 N–H and O–H groups in total. The maximum atomic E-state index is 11.6. The van der Waals surface area contributed by atoms with Gasteiger partial charge in [0, 0.05) is 5.69 Å². The van der Waals surface area contributed by atoms with E-state index in [2.05, 4.69) is 5.32 Å². The van der Waals surface area contributed by atoms with E-state index in [1.165, 1.54) is 0 Å². The van der Waals surface area contributed by atoms with Gasteiger partial charge >= 0.3 is 6.09 Å². The number of rotatable bonds is 3. The number of carbonyl (C=O) groups excluding carboxylic acids is 1. The lowest BCUT2D eigenvalue weighted by atomic mass is 10.2. The van der Waals surface area contributed by atoms with Crippen molar-refractivity contribution in [3.05, 3.63) is 35.9 Å². The Kier molecular flexibility index (Phi) is 4.92. The van der Waals surface area contributed by atoms with Gasteiger partial charge in [-0.05, 0) is 38.5 Å². The van der Waals surface area contributed by atoms with Crippen LogP contribution in [0.2, 0.25) is 0 Å². The minimum absolute atomic E-state index is 0.0102. The fourth-order valence-electron chi connectivity index (χ4n) is 1.33. The highest BCUT2D eigenvalue weighted by Gasteiger charge is 2.15. The second-order valence-corrected chi connectivity index (χ2v) is 4.84. The molecule has 18 heavy (non-hydrogen) atoms. The molecule has 0 saturated carbocycles. The first-order valence-electron chi connectivity index (χ1n) is 5.78. The van der Waals surface area contributed by atoms with Crippen molar-refractivity contribution in [2.24, 2.45) is 0 Å². The molecule has 4 heteroatoms. The highest BCUT2D eigenvalue weighted by atomic mass is 16.6. The summed E-state index contributed by atoms with van der Waals surface area (Å²) in [5.74, 6) is 0. The van der Waals surface area contributed by atoms with Crippen LogP contribution in [0.15, 0.2) is 30.3 Å². The molecule has 0 unspecified atom stereocenters. The fourth-order valence-corrected chi connectivity index (χ4v) is 1.33. The highest BCUT2D eigenvalue weighted by molar-refractivity contribution is 5.85. The fraction of sp³-hybridized carbons (Fsp3) is 0.357. The summed E-state index contributed by atoms with van der Waals surface area (Å²) < 4.78 is 5.15. The molecule has 0 saturated heterocycles. The number of amides is 1. The Morgan fingerprint density at radius 3 is 2.78 bits per heavy atom. The van der Waals surface area contributed by atoms with E-state index in [1.807, 2.05) is 32.9 Å². The molecule has 0 heterocycles. The predicted molar refractivity (Wildman–Crippen MR) is 72.4 cm³/mol. The van der Waals surface area contributed by atoms with E-state index < -0.39 is 11.7 Å². The summed E-state index contributed by atoms with van der Waals surface area (Å²) in [5, 5.41) is 11.4. The normalized spacial score (nSPS) is 11.6. The van der Waals surface area contributed by atoms with E-state index in [-0.39, 0.29) is 6.61 Å². The highest BCUT2D eigenvalue weighted by Crippen LogP contribution is 2.14. The Morgan fingerprint density at radius 1 is 1.44 bits per heavy atom. The summed E-state index contributed by atoms with van der Waals surface area (Å²) in [6.07, 6.45) is 2.93. The number of aliphatic hydroxyl groups is 1. The number of hydrogen-bond acceptors (Lipinski definition) is 3. The Hall–Kier alpha value is -1.81. The van der Waals surface area contributed by atoms with Gasteiger partial charge in [0.15, 0.2) is 0 Å². The molecule has 0 aliphatic rings. The predicted octanol–water partition coefficient (Wildman–Crippen LogP) is 3.04. The lowest BCUT2D eigenvalue weighted by molar-refractivity contribution is 0.0636. The van der Waals surface area contributed by atoms with E-state index in [0.717, 1.165) is 5.56 Å². The van der Waals surface area contributed by atoms with Crippen LogP contribution in [-0.4, -0.2) is 23.4 Å². The van der Waals surface area contributed by atoms with Crippen molar-refractivity contribution in [3.63, 3.8) is 0 Å². The van der Waals surface area contributed by atoms with Crippen LogP contribution in [0.3, 0.4) is 0 Å². The summed E-state index contributed by atoms with van der Waals surface area (Å²) in [5.41, 5.74) is 1.04. The number of benzene rings is 1. The molecule has 0 aromatic heterocycles. The van der Waals surface area contributed by atoms with E-state index in [1.54, 1.807) is 24.3 Å². The summed E-state index contributed by atoms with van der Waals surface area (Å²) in [4.78, 5) is 11.6. The third-order valence-corrected chi connectivity index (χ3v) is 1.95. The lowest BCUT2D eigenvalue weighted by Gasteiger charge is -2.19. The van der Waals surface area contributed by atoms with Crippen LogP contribution in [0.5, 0.6) is 0 Å². The second kappa shape index (κ2) is 6.21. The van der Waals surface area contributed by atoms with Crippen molar-refractivity contribution < 1.29 is 14.6 Å². The molecule has 1 amide bonds. The van der Waals surface area contributed by atoms with E-state index in [9.17, 15) is 4.79 Å². The van der Waals surface area contributed by atoms with Crippen molar-refractivity contribution in [3.8, 4) is 0 Å². The van der Waals surface area contributed by atoms with Crippen LogP contribution in [0.4, 0.5) is 10.5 Å². The van der Waals surface area contributed by atoms with Gasteiger partial charge in [-0.3, -0.25) is 5.32 Å². The first-order chi connectivity index (χ1) is 8.40. The zero-order valence-corrected chi connectivity index (χ0v) is 10.9. The number of anilines is 1. The van der Waals surface area contributed by atoms with Crippen molar-refractivity contribution in [2.75, 3.05) is 11.9 Å². The average Bonchev–Trinajstić information content (AvgIpc) is 2.24. The Balaban J connectivity index is 2.67. The largest absolute Gasteiger partial charge is 0.444 e. The van der Waals surface area contributed by atoms with E-state index in [4.69, 9.17) is 9.84 Å². The lowest BCUT2D eigenvalue weighted by Crippen LogP contribution is -2.27. The zero-order chi connectivity index (χ0) is 13.6. The summed E-state index contributed by atoms with van der Waals surface area (Å²) >= 11 is 0. The second-order valence-electron chi connectivity index (χ2n) is 4.84. The molecule has 0 spiro atoms. The van der Waals surface area contributed by atoms with Gasteiger partial charge in [0.2, 0.25) is 0 Å². The smallest absolute Gasteiger partial charge is 0.412 e. The molecule has 0 bridgehead atoms. The zero-order valence-electron chi connectivity index (χ0n) is 10.9.